The van der Waals surface area contributed by atoms with Crippen molar-refractivity contribution in [3.05, 3.63) is 460 Å². The van der Waals surface area contributed by atoms with Gasteiger partial charge in [0, 0.05) is 78.8 Å². The van der Waals surface area contributed by atoms with Gasteiger partial charge in [-0.3, -0.25) is 24.3 Å². The van der Waals surface area contributed by atoms with Crippen LogP contribution in [0.2, 0.25) is 0 Å². The molecule has 0 unspecified atom stereocenters. The van der Waals surface area contributed by atoms with Crippen molar-refractivity contribution in [3.63, 3.8) is 0 Å². The third kappa shape index (κ3) is 17.4. The van der Waals surface area contributed by atoms with Crippen LogP contribution in [0.15, 0.2) is 421 Å². The molecule has 0 aliphatic carbocycles. The van der Waals surface area contributed by atoms with Gasteiger partial charge in [0.25, 0.3) is 0 Å². The normalized spacial score (nSPS) is 11.8. The maximum atomic E-state index is 5.32. The number of aromatic nitrogens is 14. The van der Waals surface area contributed by atoms with Gasteiger partial charge >= 0.3 is 63.2 Å². The number of hydrogen-bond acceptors (Lipinski definition) is 14. The molecule has 0 radical (unpaired) electrons. The Balaban J connectivity index is 0.000000108. The predicted octanol–water partition coefficient (Wildman–Crippen LogP) is 30.3. The molecular weight excluding hydrogens is 2640 g/mol. The van der Waals surface area contributed by atoms with Crippen LogP contribution in [0.5, 0.6) is 0 Å². The molecule has 17 nitrogen and oxygen atoms in total. The fraction of sp³-hybridized carbons (Fsp3) is 0.0242. The Hall–Kier alpha value is -15.4. The number of pyridine rings is 7. The van der Waals surface area contributed by atoms with Gasteiger partial charge in [0.05, 0.1) is 47.3 Å². The van der Waals surface area contributed by atoms with Gasteiger partial charge in [-0.2, -0.15) is 95.3 Å². The second-order valence-corrected chi connectivity index (χ2v) is 39.3. The van der Waals surface area contributed by atoms with Crippen molar-refractivity contribution in [2.75, 3.05) is 21.7 Å². The maximum absolute atomic E-state index is 5.32. The summed E-state index contributed by atoms with van der Waals surface area (Å²) in [6.07, 6.45) is 11.8. The molecule has 149 heavy (non-hydrogen) atoms. The predicted molar refractivity (Wildman–Crippen MR) is 591 cm³/mol. The average Bonchev–Trinajstić information content (AvgIpc) is 1.42. The van der Waals surface area contributed by atoms with Crippen LogP contribution in [0.25, 0.3) is 192 Å². The van der Waals surface area contributed by atoms with E-state index >= 15 is 0 Å². The van der Waals surface area contributed by atoms with E-state index in [-0.39, 0.29) is 84.3 Å². The summed E-state index contributed by atoms with van der Waals surface area (Å²) in [6, 6.07) is 150. The Bertz CT molecular complexity index is 9920. The summed E-state index contributed by atoms with van der Waals surface area (Å²) in [5.41, 5.74) is 23.4. The summed E-state index contributed by atoms with van der Waals surface area (Å²) in [5.74, 6) is 6.77. The topological polar surface area (TPSA) is 133 Å². The molecule has 0 atom stereocenters. The summed E-state index contributed by atoms with van der Waals surface area (Å²) in [5, 5.41) is 17.7. The smallest absolute Gasteiger partial charge is 0.465 e. The van der Waals surface area contributed by atoms with Crippen LogP contribution < -0.4 is 19.3 Å². The first-order chi connectivity index (χ1) is 71.6. The SMILES string of the molecule is CN1c2ccccc2N(c2cccc(-c3cccc4sc[c-]c34)n2)c2nc(-c3cn(C)c4c3[cH-]c[n+]4C)ccc21.[Pt+2].[Pt+2].[Pt+2].[Pt].[c-]1cccc2ccn(-c3cccc(-n4c5[c-]c(-n6[c-]cc7ccccc76)ccc5c5ccccc54)n3)c12.[c-]1ccccc1-c1ccc2c3ccccc3n(-c3cccc(-c4csc5sc[c-]c45)n3)c2n1.[c-]1ccccc1-c1cccc(N2c3ccccc3Sc3ccc(-n4ccc5ccc[c-]c54)nc32)n1. The summed E-state index contributed by atoms with van der Waals surface area (Å²) >= 11 is 6.91. The number of fused-ring (bicyclic) bond motifs is 16. The molecule has 0 spiro atoms. The molecule has 17 aromatic heterocycles. The molecule has 30 rings (SSSR count). The Labute approximate surface area is 931 Å². The van der Waals surface area contributed by atoms with E-state index in [1.807, 2.05) is 120 Å². The van der Waals surface area contributed by atoms with Crippen LogP contribution in [0.4, 0.5) is 46.0 Å². The van der Waals surface area contributed by atoms with Crippen LogP contribution in [0.1, 0.15) is 0 Å². The Morgan fingerprint density at radius 1 is 0.362 bits per heavy atom. The number of rotatable bonds is 12. The van der Waals surface area contributed by atoms with Gasteiger partial charge in [-0.25, -0.2) is 58.9 Å². The van der Waals surface area contributed by atoms with Gasteiger partial charge in [-0.15, -0.1) is 129 Å². The second kappa shape index (κ2) is 41.0. The van der Waals surface area contributed by atoms with Gasteiger partial charge < -0.3 is 32.3 Å². The van der Waals surface area contributed by atoms with Crippen LogP contribution in [0, 0.1) is 48.7 Å². The van der Waals surface area contributed by atoms with Crippen LogP contribution in [-0.2, 0) is 98.4 Å². The number of benzene rings is 11. The van der Waals surface area contributed by atoms with Gasteiger partial charge in [0.1, 0.15) is 40.6 Å². The zero-order valence-corrected chi connectivity index (χ0v) is 91.6. The third-order valence-electron chi connectivity index (χ3n) is 26.8. The number of anilines is 8. The molecular formula is C124H77N17Pt4S4-2. The molecule has 0 saturated carbocycles. The van der Waals surface area contributed by atoms with E-state index in [2.05, 4.69) is 407 Å². The number of para-hydroxylation sites is 8. The van der Waals surface area contributed by atoms with E-state index in [4.69, 9.17) is 34.9 Å². The molecule has 0 fully saturated rings. The molecule has 724 valence electrons. The molecule has 0 amide bonds. The van der Waals surface area contributed by atoms with E-state index in [1.54, 1.807) is 45.8 Å². The third-order valence-corrected chi connectivity index (χ3v) is 30.7. The van der Waals surface area contributed by atoms with Crippen LogP contribution in [-0.4, -0.2) is 69.3 Å². The van der Waals surface area contributed by atoms with Gasteiger partial charge in [-0.05, 0) is 136 Å². The van der Waals surface area contributed by atoms with Crippen molar-refractivity contribution in [2.24, 2.45) is 14.1 Å². The summed E-state index contributed by atoms with van der Waals surface area (Å²) < 4.78 is 17.4. The number of hydrogen-bond donors (Lipinski definition) is 0. The van der Waals surface area contributed by atoms with Crippen molar-refractivity contribution in [1.29, 1.82) is 0 Å². The number of aryl methyl sites for hydroxylation is 2. The molecule has 25 heteroatoms. The molecule has 28 aromatic rings. The standard InChI is InChI=1S/C33H25N6S.C33H19N4.C30H18N4S.C28H15N3S2.4Pt/c1-36-18-16-23-24(20-37(2)33(23)36)26-14-15-29-32(35-26)39(28-11-5-4-10-27(28)38(29)3)31-13-7-9-25(34-31)21-8-6-12-30-22(21)17-19-40-30;1-4-11-28-23(8-1)18-20-35(28)25-16-17-27-26-10-3-6-13-30(26)37(31(27)22-25)33-15-7-14-32(34-33)36-21-19-24-9-2-5-12-29(24)36;1-2-9-21(10-3-1)23-12-8-16-29(31-23)34-25-14-6-7-15-26(25)35-27-17-18-28(32-30(27)34)33-20-19-22-11-4-5-13-24(22)33;1-2-7-18(8-3-1)23-14-13-20-19-9-4-5-11-25(19)31(27(20)30-23)26-12-6-10-24(29-26)22-17-33-28-21(22)15-16-32-28;;;;/h4-16,18-20H,1-3H3;1-11,13-19,21H;1-9,11-12,14-20H;1-7,9-14,16-17H;;;;/q-1;-3;2*-2;;3*+2. The molecule has 2 aliphatic heterocycles. The minimum Gasteiger partial charge on any atom is -0.465 e. The summed E-state index contributed by atoms with van der Waals surface area (Å²) in [6.45, 7) is 0. The summed E-state index contributed by atoms with van der Waals surface area (Å²) in [4.78, 5) is 44.9. The summed E-state index contributed by atoms with van der Waals surface area (Å²) in [7, 11) is 6.26. The van der Waals surface area contributed by atoms with Crippen LogP contribution >= 0.6 is 45.8 Å². The van der Waals surface area contributed by atoms with Crippen molar-refractivity contribution >= 4 is 199 Å². The van der Waals surface area contributed by atoms with Gasteiger partial charge in [0.15, 0.2) is 17.3 Å². The molecule has 0 bridgehead atoms. The fourth-order valence-corrected chi connectivity index (χ4v) is 23.7. The molecule has 0 N–H and O–H groups in total. The molecule has 11 aromatic carbocycles. The minimum atomic E-state index is 0. The Morgan fingerprint density at radius 2 is 0.933 bits per heavy atom. The molecule has 0 saturated heterocycles. The monoisotopic (exact) mass is 2710 g/mol. The first-order valence-electron chi connectivity index (χ1n) is 47.4. The van der Waals surface area contributed by atoms with Crippen molar-refractivity contribution in [3.8, 4) is 85.2 Å². The van der Waals surface area contributed by atoms with E-state index in [1.165, 1.54) is 35.4 Å². The van der Waals surface area contributed by atoms with Crippen molar-refractivity contribution in [1.82, 2.24) is 62.3 Å². The largest absolute Gasteiger partial charge is 2.00 e. The van der Waals surface area contributed by atoms with Crippen molar-refractivity contribution in [2.45, 2.75) is 9.79 Å². The fourth-order valence-electron chi connectivity index (χ4n) is 20.1. The maximum Gasteiger partial charge on any atom is 2.00 e. The van der Waals surface area contributed by atoms with E-state index in [0.29, 0.717) is 0 Å². The van der Waals surface area contributed by atoms with Crippen LogP contribution in [0.3, 0.4) is 0 Å². The quantitative estimate of drug-likeness (QED) is 0.0855. The number of nitrogens with zero attached hydrogens (tertiary/aromatic N) is 17. The minimum absolute atomic E-state index is 0. The van der Waals surface area contributed by atoms with Crippen molar-refractivity contribution < 1.29 is 88.8 Å². The number of thiophene rings is 3. The zero-order valence-electron chi connectivity index (χ0n) is 79.3. The molecule has 19 heterocycles. The Kier molecular flexibility index (Phi) is 26.7. The second-order valence-electron chi connectivity index (χ2n) is 35.3. The Morgan fingerprint density at radius 3 is 1.68 bits per heavy atom. The zero-order chi connectivity index (χ0) is 96.3. The van der Waals surface area contributed by atoms with E-state index in [9.17, 15) is 0 Å². The molecule has 2 aliphatic rings. The average molecular weight is 2710 g/mol. The first kappa shape index (κ1) is 97.1. The van der Waals surface area contributed by atoms with E-state index in [0.717, 1.165) is 213 Å². The first-order valence-corrected chi connectivity index (χ1v) is 50.8. The van der Waals surface area contributed by atoms with Gasteiger partial charge in [-0.1, -0.05) is 217 Å². The van der Waals surface area contributed by atoms with Gasteiger partial charge in [0.2, 0.25) is 0 Å². The van der Waals surface area contributed by atoms with E-state index < -0.39 is 0 Å².